The SMILES string of the molecule is CC(C)/C=C/NC(=O)Nc1ccccc1F. The van der Waals surface area contributed by atoms with Gasteiger partial charge in [0.2, 0.25) is 0 Å². The van der Waals surface area contributed by atoms with E-state index in [0.717, 1.165) is 0 Å². The zero-order valence-electron chi connectivity index (χ0n) is 9.33. The number of nitrogens with one attached hydrogen (secondary N) is 2. The molecule has 0 heterocycles. The second-order valence-electron chi connectivity index (χ2n) is 3.68. The van der Waals surface area contributed by atoms with E-state index in [1.807, 2.05) is 19.9 Å². The third kappa shape index (κ3) is 4.13. The molecule has 0 spiro atoms. The van der Waals surface area contributed by atoms with Gasteiger partial charge in [-0.05, 0) is 18.1 Å². The number of allylic oxidation sites excluding steroid dienone is 1. The Morgan fingerprint density at radius 3 is 2.69 bits per heavy atom. The van der Waals surface area contributed by atoms with Crippen LogP contribution in [0.3, 0.4) is 0 Å². The van der Waals surface area contributed by atoms with E-state index in [4.69, 9.17) is 0 Å². The van der Waals surface area contributed by atoms with E-state index in [9.17, 15) is 9.18 Å². The smallest absolute Gasteiger partial charge is 0.315 e. The molecule has 0 unspecified atom stereocenters. The number of carbonyl (C=O) groups excluding carboxylic acids is 1. The summed E-state index contributed by atoms with van der Waals surface area (Å²) in [5.74, 6) is -0.0979. The van der Waals surface area contributed by atoms with Gasteiger partial charge in [-0.1, -0.05) is 32.1 Å². The summed E-state index contributed by atoms with van der Waals surface area (Å²) in [5, 5.41) is 4.90. The number of hydrogen-bond acceptors (Lipinski definition) is 1. The molecule has 0 aromatic heterocycles. The van der Waals surface area contributed by atoms with Crippen molar-refractivity contribution in [3.05, 3.63) is 42.4 Å². The Hall–Kier alpha value is -1.84. The highest BCUT2D eigenvalue weighted by Crippen LogP contribution is 2.11. The van der Waals surface area contributed by atoms with Crippen LogP contribution in [-0.4, -0.2) is 6.03 Å². The number of hydrogen-bond donors (Lipinski definition) is 2. The van der Waals surface area contributed by atoms with Gasteiger partial charge in [0, 0.05) is 6.20 Å². The van der Waals surface area contributed by atoms with E-state index in [0.29, 0.717) is 5.92 Å². The average Bonchev–Trinajstić information content (AvgIpc) is 2.21. The molecule has 1 rings (SSSR count). The van der Waals surface area contributed by atoms with E-state index in [-0.39, 0.29) is 5.69 Å². The Labute approximate surface area is 94.4 Å². The van der Waals surface area contributed by atoms with Crippen molar-refractivity contribution in [1.82, 2.24) is 5.32 Å². The van der Waals surface area contributed by atoms with Crippen molar-refractivity contribution in [3.63, 3.8) is 0 Å². The van der Waals surface area contributed by atoms with E-state index >= 15 is 0 Å². The fraction of sp³-hybridized carbons (Fsp3) is 0.250. The molecule has 0 radical (unpaired) electrons. The van der Waals surface area contributed by atoms with Crippen molar-refractivity contribution in [2.75, 3.05) is 5.32 Å². The number of halogens is 1. The van der Waals surface area contributed by atoms with Gasteiger partial charge < -0.3 is 10.6 Å². The van der Waals surface area contributed by atoms with E-state index in [2.05, 4.69) is 10.6 Å². The van der Waals surface area contributed by atoms with E-state index in [1.165, 1.54) is 12.1 Å². The van der Waals surface area contributed by atoms with Crippen LogP contribution in [-0.2, 0) is 0 Å². The summed E-state index contributed by atoms with van der Waals surface area (Å²) in [6.45, 7) is 3.99. The first-order valence-corrected chi connectivity index (χ1v) is 5.08. The molecule has 4 heteroatoms. The minimum absolute atomic E-state index is 0.165. The summed E-state index contributed by atoms with van der Waals surface area (Å²) >= 11 is 0. The van der Waals surface area contributed by atoms with E-state index < -0.39 is 11.8 Å². The van der Waals surface area contributed by atoms with Gasteiger partial charge in [-0.3, -0.25) is 0 Å². The zero-order chi connectivity index (χ0) is 12.0. The summed E-state index contributed by atoms with van der Waals surface area (Å²) in [6.07, 6.45) is 3.38. The molecule has 86 valence electrons. The Morgan fingerprint density at radius 1 is 1.38 bits per heavy atom. The summed E-state index contributed by atoms with van der Waals surface area (Å²) in [6, 6.07) is 5.56. The largest absolute Gasteiger partial charge is 0.323 e. The van der Waals surface area contributed by atoms with Gasteiger partial charge in [-0.25, -0.2) is 9.18 Å². The monoisotopic (exact) mass is 222 g/mol. The van der Waals surface area contributed by atoms with Gasteiger partial charge in [0.25, 0.3) is 0 Å². The number of carbonyl (C=O) groups is 1. The molecule has 16 heavy (non-hydrogen) atoms. The third-order valence-corrected chi connectivity index (χ3v) is 1.82. The predicted molar refractivity (Wildman–Crippen MR) is 62.5 cm³/mol. The van der Waals surface area contributed by atoms with Gasteiger partial charge in [-0.2, -0.15) is 0 Å². The molecule has 0 atom stereocenters. The maximum absolute atomic E-state index is 13.1. The lowest BCUT2D eigenvalue weighted by atomic mass is 10.2. The first-order valence-electron chi connectivity index (χ1n) is 5.08. The van der Waals surface area contributed by atoms with Crippen molar-refractivity contribution < 1.29 is 9.18 Å². The lowest BCUT2D eigenvalue weighted by Gasteiger charge is -2.05. The van der Waals surface area contributed by atoms with Crippen LogP contribution in [0.2, 0.25) is 0 Å². The molecule has 0 fully saturated rings. The minimum atomic E-state index is -0.456. The lowest BCUT2D eigenvalue weighted by Crippen LogP contribution is -2.24. The number of urea groups is 1. The lowest BCUT2D eigenvalue weighted by molar-refractivity contribution is 0.255. The van der Waals surface area contributed by atoms with Gasteiger partial charge in [0.1, 0.15) is 5.82 Å². The summed E-state index contributed by atoms with van der Waals surface area (Å²) < 4.78 is 13.1. The summed E-state index contributed by atoms with van der Waals surface area (Å²) in [4.78, 5) is 11.3. The summed E-state index contributed by atoms with van der Waals surface area (Å²) in [7, 11) is 0. The highest BCUT2D eigenvalue weighted by Gasteiger charge is 2.03. The second-order valence-corrected chi connectivity index (χ2v) is 3.68. The van der Waals surface area contributed by atoms with Crippen LogP contribution in [0.5, 0.6) is 0 Å². The number of rotatable bonds is 3. The van der Waals surface area contributed by atoms with Gasteiger partial charge >= 0.3 is 6.03 Å². The normalized spacial score (nSPS) is 10.8. The number of anilines is 1. The maximum atomic E-state index is 13.1. The number of para-hydroxylation sites is 1. The van der Waals surface area contributed by atoms with Crippen molar-refractivity contribution in [1.29, 1.82) is 0 Å². The van der Waals surface area contributed by atoms with E-state index in [1.54, 1.807) is 18.3 Å². The van der Waals surface area contributed by atoms with Gasteiger partial charge in [0.05, 0.1) is 5.69 Å². The molecule has 0 aliphatic heterocycles. The molecule has 0 saturated heterocycles. The fourth-order valence-electron chi connectivity index (χ4n) is 1.04. The molecule has 0 aliphatic rings. The molecule has 0 saturated carbocycles. The molecule has 2 amide bonds. The minimum Gasteiger partial charge on any atom is -0.315 e. The second kappa shape index (κ2) is 5.90. The Balaban J connectivity index is 2.49. The highest BCUT2D eigenvalue weighted by atomic mass is 19.1. The van der Waals surface area contributed by atoms with Gasteiger partial charge in [-0.15, -0.1) is 0 Å². The van der Waals surface area contributed by atoms with Crippen LogP contribution < -0.4 is 10.6 Å². The third-order valence-electron chi connectivity index (χ3n) is 1.82. The quantitative estimate of drug-likeness (QED) is 0.810. The first kappa shape index (κ1) is 12.2. The van der Waals surface area contributed by atoms with Crippen molar-refractivity contribution >= 4 is 11.7 Å². The Kier molecular flexibility index (Phi) is 4.51. The van der Waals surface area contributed by atoms with Crippen molar-refractivity contribution in [2.24, 2.45) is 5.92 Å². The maximum Gasteiger partial charge on any atom is 0.323 e. The molecule has 3 nitrogen and oxygen atoms in total. The molecular formula is C12H15FN2O. The standard InChI is InChI=1S/C12H15FN2O/c1-9(2)7-8-14-12(16)15-11-6-4-3-5-10(11)13/h3-9H,1-2H3,(H2,14,15,16)/b8-7+. The molecule has 1 aromatic rings. The topological polar surface area (TPSA) is 41.1 Å². The zero-order valence-corrected chi connectivity index (χ0v) is 9.33. The fourth-order valence-corrected chi connectivity index (χ4v) is 1.04. The molecule has 1 aromatic carbocycles. The van der Waals surface area contributed by atoms with Crippen molar-refractivity contribution in [2.45, 2.75) is 13.8 Å². The number of amides is 2. The van der Waals surface area contributed by atoms with Crippen LogP contribution in [0.1, 0.15) is 13.8 Å². The molecule has 0 bridgehead atoms. The van der Waals surface area contributed by atoms with Crippen LogP contribution >= 0.6 is 0 Å². The van der Waals surface area contributed by atoms with Crippen LogP contribution in [0, 0.1) is 11.7 Å². The molecule has 2 N–H and O–H groups in total. The van der Waals surface area contributed by atoms with Gasteiger partial charge in [0.15, 0.2) is 0 Å². The number of benzene rings is 1. The van der Waals surface area contributed by atoms with Crippen LogP contribution in [0.4, 0.5) is 14.9 Å². The van der Waals surface area contributed by atoms with Crippen LogP contribution in [0.25, 0.3) is 0 Å². The molecule has 0 aliphatic carbocycles. The van der Waals surface area contributed by atoms with Crippen molar-refractivity contribution in [3.8, 4) is 0 Å². The Morgan fingerprint density at radius 2 is 2.06 bits per heavy atom. The molecular weight excluding hydrogens is 207 g/mol. The first-order chi connectivity index (χ1) is 7.59. The average molecular weight is 222 g/mol. The van der Waals surface area contributed by atoms with Crippen LogP contribution in [0.15, 0.2) is 36.5 Å². The predicted octanol–water partition coefficient (Wildman–Crippen LogP) is 3.12. The summed E-state index contributed by atoms with van der Waals surface area (Å²) in [5.41, 5.74) is 0.165. The Bertz CT molecular complexity index is 388. The highest BCUT2D eigenvalue weighted by molar-refractivity contribution is 5.89.